The van der Waals surface area contributed by atoms with E-state index in [1.807, 2.05) is 13.1 Å². The molecule has 2 N–H and O–H groups in total. The van der Waals surface area contributed by atoms with E-state index in [0.717, 1.165) is 42.6 Å². The van der Waals surface area contributed by atoms with Crippen molar-refractivity contribution in [2.75, 3.05) is 25.0 Å². The topological polar surface area (TPSA) is 42.1 Å². The van der Waals surface area contributed by atoms with Crippen LogP contribution in [0, 0.1) is 0 Å². The van der Waals surface area contributed by atoms with Gasteiger partial charge in [0.1, 0.15) is 5.82 Å². The summed E-state index contributed by atoms with van der Waals surface area (Å²) in [6.45, 7) is 1.75. The van der Waals surface area contributed by atoms with Crippen LogP contribution < -0.4 is 10.6 Å². The molecule has 3 nitrogen and oxygen atoms in total. The summed E-state index contributed by atoms with van der Waals surface area (Å²) in [4.78, 5) is 6.42. The highest BCUT2D eigenvalue weighted by Gasteiger charge is 2.07. The van der Waals surface area contributed by atoms with Crippen molar-refractivity contribution in [3.05, 3.63) is 21.8 Å². The molecule has 0 spiro atoms. The Bertz CT molecular complexity index is 333. The zero-order valence-corrected chi connectivity index (χ0v) is 11.8. The molecular formula is C11H17BrClN3. The van der Waals surface area contributed by atoms with Crippen LogP contribution in [0.4, 0.5) is 5.82 Å². The van der Waals surface area contributed by atoms with Crippen LogP contribution in [0.3, 0.4) is 0 Å². The number of aromatic nitrogens is 1. The van der Waals surface area contributed by atoms with Gasteiger partial charge in [0.15, 0.2) is 0 Å². The molecule has 1 aromatic rings. The summed E-state index contributed by atoms with van der Waals surface area (Å²) in [5, 5.41) is 0.646. The van der Waals surface area contributed by atoms with E-state index < -0.39 is 0 Å². The van der Waals surface area contributed by atoms with E-state index in [-0.39, 0.29) is 0 Å². The maximum Gasteiger partial charge on any atom is 0.142 e. The highest BCUT2D eigenvalue weighted by Crippen LogP contribution is 2.25. The van der Waals surface area contributed by atoms with Crippen LogP contribution in [0.1, 0.15) is 19.3 Å². The van der Waals surface area contributed by atoms with E-state index in [1.165, 1.54) is 0 Å². The predicted octanol–water partition coefficient (Wildman–Crippen LogP) is 3.06. The van der Waals surface area contributed by atoms with Gasteiger partial charge in [0, 0.05) is 19.8 Å². The average Bonchev–Trinajstić information content (AvgIpc) is 2.24. The maximum absolute atomic E-state index is 5.84. The predicted molar refractivity (Wildman–Crippen MR) is 73.1 cm³/mol. The fourth-order valence-electron chi connectivity index (χ4n) is 1.46. The van der Waals surface area contributed by atoms with Crippen molar-refractivity contribution in [3.63, 3.8) is 0 Å². The Morgan fingerprint density at radius 2 is 2.19 bits per heavy atom. The number of hydrogen-bond acceptors (Lipinski definition) is 3. The summed E-state index contributed by atoms with van der Waals surface area (Å²) in [6.07, 6.45) is 5.04. The first-order chi connectivity index (χ1) is 7.65. The van der Waals surface area contributed by atoms with Gasteiger partial charge in [-0.1, -0.05) is 18.0 Å². The van der Waals surface area contributed by atoms with Crippen LogP contribution in [0.2, 0.25) is 5.02 Å². The molecule has 1 rings (SSSR count). The third-order valence-electron chi connectivity index (χ3n) is 2.35. The van der Waals surface area contributed by atoms with Gasteiger partial charge in [0.25, 0.3) is 0 Å². The lowest BCUT2D eigenvalue weighted by Gasteiger charge is -2.19. The molecule has 0 bridgehead atoms. The van der Waals surface area contributed by atoms with Crippen molar-refractivity contribution in [2.24, 2.45) is 5.73 Å². The minimum absolute atomic E-state index is 0.646. The van der Waals surface area contributed by atoms with Crippen molar-refractivity contribution in [3.8, 4) is 0 Å². The molecular weight excluding hydrogens is 289 g/mol. The van der Waals surface area contributed by atoms with Crippen LogP contribution in [0.25, 0.3) is 0 Å². The fraction of sp³-hybridized carbons (Fsp3) is 0.545. The lowest BCUT2D eigenvalue weighted by Crippen LogP contribution is -2.20. The first-order valence-corrected chi connectivity index (χ1v) is 6.54. The minimum atomic E-state index is 0.646. The molecule has 0 unspecified atom stereocenters. The van der Waals surface area contributed by atoms with Gasteiger partial charge in [-0.2, -0.15) is 0 Å². The summed E-state index contributed by atoms with van der Waals surface area (Å²) in [5.74, 6) is 0.928. The van der Waals surface area contributed by atoms with Gasteiger partial charge in [-0.25, -0.2) is 4.98 Å². The Balaban J connectivity index is 2.49. The van der Waals surface area contributed by atoms with Crippen molar-refractivity contribution in [2.45, 2.75) is 19.3 Å². The van der Waals surface area contributed by atoms with E-state index in [0.29, 0.717) is 5.02 Å². The summed E-state index contributed by atoms with van der Waals surface area (Å²) in [7, 11) is 2.03. The van der Waals surface area contributed by atoms with Crippen LogP contribution >= 0.6 is 27.5 Å². The number of halogens is 2. The number of unbranched alkanes of at least 4 members (excludes halogenated alkanes) is 2. The Morgan fingerprint density at radius 3 is 2.81 bits per heavy atom. The Kier molecular flexibility index (Phi) is 6.09. The van der Waals surface area contributed by atoms with Crippen LogP contribution in [-0.4, -0.2) is 25.1 Å². The van der Waals surface area contributed by atoms with Crippen molar-refractivity contribution in [1.29, 1.82) is 0 Å². The van der Waals surface area contributed by atoms with Gasteiger partial charge in [-0.05, 0) is 41.4 Å². The summed E-state index contributed by atoms with van der Waals surface area (Å²) in [6, 6.07) is 1.86. The number of rotatable bonds is 6. The SMILES string of the molecule is CN(CCCCCN)c1ncc(Cl)cc1Br. The maximum atomic E-state index is 5.84. The molecule has 0 amide bonds. The van der Waals surface area contributed by atoms with E-state index in [1.54, 1.807) is 6.20 Å². The fourth-order valence-corrected chi connectivity index (χ4v) is 2.41. The molecule has 0 aliphatic heterocycles. The normalized spacial score (nSPS) is 10.5. The molecule has 0 saturated heterocycles. The molecule has 0 radical (unpaired) electrons. The second-order valence-corrected chi connectivity index (χ2v) is 5.02. The second kappa shape index (κ2) is 7.09. The van der Waals surface area contributed by atoms with Crippen LogP contribution in [0.15, 0.2) is 16.7 Å². The molecule has 0 aromatic carbocycles. The van der Waals surface area contributed by atoms with Crippen LogP contribution in [0.5, 0.6) is 0 Å². The van der Waals surface area contributed by atoms with Gasteiger partial charge in [0.05, 0.1) is 9.50 Å². The second-order valence-electron chi connectivity index (χ2n) is 3.73. The van der Waals surface area contributed by atoms with Crippen molar-refractivity contribution in [1.82, 2.24) is 4.98 Å². The van der Waals surface area contributed by atoms with Gasteiger partial charge in [-0.15, -0.1) is 0 Å². The Hall–Kier alpha value is -0.320. The number of pyridine rings is 1. The summed E-state index contributed by atoms with van der Waals surface area (Å²) in [5.41, 5.74) is 5.45. The summed E-state index contributed by atoms with van der Waals surface area (Å²) < 4.78 is 0.932. The third-order valence-corrected chi connectivity index (χ3v) is 3.14. The van der Waals surface area contributed by atoms with Crippen molar-refractivity contribution < 1.29 is 0 Å². The molecule has 0 aliphatic rings. The van der Waals surface area contributed by atoms with Gasteiger partial charge < -0.3 is 10.6 Å². The molecule has 16 heavy (non-hydrogen) atoms. The molecule has 0 atom stereocenters. The average molecular weight is 307 g/mol. The van der Waals surface area contributed by atoms with E-state index in [4.69, 9.17) is 17.3 Å². The monoisotopic (exact) mass is 305 g/mol. The van der Waals surface area contributed by atoms with E-state index in [9.17, 15) is 0 Å². The smallest absolute Gasteiger partial charge is 0.142 e. The lowest BCUT2D eigenvalue weighted by molar-refractivity contribution is 0.676. The summed E-state index contributed by atoms with van der Waals surface area (Å²) >= 11 is 9.30. The first kappa shape index (κ1) is 13.7. The standard InChI is InChI=1S/C11H17BrClN3/c1-16(6-4-2-3-5-14)11-10(12)7-9(13)8-15-11/h7-8H,2-6,14H2,1H3. The van der Waals surface area contributed by atoms with Crippen molar-refractivity contribution >= 4 is 33.3 Å². The van der Waals surface area contributed by atoms with Gasteiger partial charge in [-0.3, -0.25) is 0 Å². The third kappa shape index (κ3) is 4.28. The molecule has 90 valence electrons. The number of nitrogens with two attached hydrogens (primary N) is 1. The largest absolute Gasteiger partial charge is 0.359 e. The number of nitrogens with zero attached hydrogens (tertiary/aromatic N) is 2. The Labute approximate surface area is 110 Å². The quantitative estimate of drug-likeness (QED) is 0.821. The number of anilines is 1. The lowest BCUT2D eigenvalue weighted by atomic mass is 10.2. The highest BCUT2D eigenvalue weighted by atomic mass is 79.9. The first-order valence-electron chi connectivity index (χ1n) is 5.37. The highest BCUT2D eigenvalue weighted by molar-refractivity contribution is 9.10. The Morgan fingerprint density at radius 1 is 1.44 bits per heavy atom. The van der Waals surface area contributed by atoms with E-state index in [2.05, 4.69) is 25.8 Å². The van der Waals surface area contributed by atoms with Gasteiger partial charge >= 0.3 is 0 Å². The minimum Gasteiger partial charge on any atom is -0.359 e. The molecule has 0 aliphatic carbocycles. The van der Waals surface area contributed by atoms with E-state index >= 15 is 0 Å². The zero-order valence-electron chi connectivity index (χ0n) is 9.42. The molecule has 5 heteroatoms. The zero-order chi connectivity index (χ0) is 12.0. The van der Waals surface area contributed by atoms with Crippen LogP contribution in [-0.2, 0) is 0 Å². The number of hydrogen-bond donors (Lipinski definition) is 1. The van der Waals surface area contributed by atoms with Gasteiger partial charge in [0.2, 0.25) is 0 Å². The molecule has 1 aromatic heterocycles. The molecule has 0 fully saturated rings. The molecule has 1 heterocycles. The molecule has 0 saturated carbocycles.